The number of methoxy groups -OCH3 is 1. The summed E-state index contributed by atoms with van der Waals surface area (Å²) in [4.78, 5) is 55.0. The highest BCUT2D eigenvalue weighted by Crippen LogP contribution is 2.23. The molecule has 3 aromatic carbocycles. The van der Waals surface area contributed by atoms with Gasteiger partial charge in [0.05, 0.1) is 20.3 Å². The highest BCUT2D eigenvalue weighted by molar-refractivity contribution is 5.90. The van der Waals surface area contributed by atoms with E-state index < -0.39 is 47.3 Å². The van der Waals surface area contributed by atoms with Crippen molar-refractivity contribution in [2.24, 2.45) is 0 Å². The van der Waals surface area contributed by atoms with Gasteiger partial charge in [-0.3, -0.25) is 4.79 Å². The van der Waals surface area contributed by atoms with Crippen LogP contribution in [0.15, 0.2) is 78.9 Å². The molecule has 0 fully saturated rings. The number of carbonyl (C=O) groups excluding carboxylic acids is 4. The number of carbonyl (C=O) groups is 4. The van der Waals surface area contributed by atoms with Gasteiger partial charge in [-0.05, 0) is 96.0 Å². The molecule has 50 heavy (non-hydrogen) atoms. The van der Waals surface area contributed by atoms with E-state index in [1.54, 1.807) is 90.1 Å². The average Bonchev–Trinajstić information content (AvgIpc) is 3.04. The quantitative estimate of drug-likeness (QED) is 0.145. The van der Waals surface area contributed by atoms with Gasteiger partial charge in [0.15, 0.2) is 0 Å². The zero-order valence-corrected chi connectivity index (χ0v) is 30.1. The second-order valence-electron chi connectivity index (χ2n) is 13.4. The van der Waals surface area contributed by atoms with Crippen molar-refractivity contribution in [3.05, 3.63) is 90.0 Å². The standard InChI is InChI=1S/C38H49N3O9/c1-9-47-28-19-15-26(16-20-28)23-31(40-36(45)50-38(5,6)7)33(42)41(32(34(43)46-8)24-39-35(44)49-37(2,3)4)25-27-17-21-30(22-18-27)48-29-13-11-10-12-14-29/h10-22,31-32H,9,23-25H2,1-8H3,(H,39,44)(H,40,45)/t31-,32-/m0/s1. The molecule has 0 saturated heterocycles. The molecule has 0 aromatic heterocycles. The maximum Gasteiger partial charge on any atom is 0.408 e. The Kier molecular flexibility index (Phi) is 14.1. The molecule has 2 N–H and O–H groups in total. The van der Waals surface area contributed by atoms with Gasteiger partial charge in [0, 0.05) is 13.0 Å². The van der Waals surface area contributed by atoms with Crippen LogP contribution >= 0.6 is 0 Å². The fourth-order valence-electron chi connectivity index (χ4n) is 4.75. The van der Waals surface area contributed by atoms with Gasteiger partial charge in [0.25, 0.3) is 0 Å². The molecule has 270 valence electrons. The summed E-state index contributed by atoms with van der Waals surface area (Å²) in [5.41, 5.74) is -0.288. The number of amides is 3. The second-order valence-corrected chi connectivity index (χ2v) is 13.4. The Morgan fingerprint density at radius 1 is 0.720 bits per heavy atom. The predicted molar refractivity (Wildman–Crippen MR) is 188 cm³/mol. The first-order valence-electron chi connectivity index (χ1n) is 16.4. The number of nitrogens with zero attached hydrogens (tertiary/aromatic N) is 1. The summed E-state index contributed by atoms with van der Waals surface area (Å²) >= 11 is 0. The summed E-state index contributed by atoms with van der Waals surface area (Å²) in [5.74, 6) is 0.473. The largest absolute Gasteiger partial charge is 0.494 e. The van der Waals surface area contributed by atoms with E-state index in [1.165, 1.54) is 12.0 Å². The molecular weight excluding hydrogens is 642 g/mol. The summed E-state index contributed by atoms with van der Waals surface area (Å²) in [6, 6.07) is 20.9. The van der Waals surface area contributed by atoms with Crippen LogP contribution in [0.25, 0.3) is 0 Å². The number of esters is 1. The van der Waals surface area contributed by atoms with Crippen molar-refractivity contribution in [2.45, 2.75) is 84.7 Å². The zero-order valence-electron chi connectivity index (χ0n) is 30.1. The van der Waals surface area contributed by atoms with Crippen LogP contribution in [-0.4, -0.2) is 72.5 Å². The highest BCUT2D eigenvalue weighted by Gasteiger charge is 2.37. The van der Waals surface area contributed by atoms with E-state index in [9.17, 15) is 19.2 Å². The van der Waals surface area contributed by atoms with Crippen molar-refractivity contribution in [2.75, 3.05) is 20.3 Å². The lowest BCUT2D eigenvalue weighted by atomic mass is 10.0. The van der Waals surface area contributed by atoms with Crippen LogP contribution in [0.3, 0.4) is 0 Å². The topological polar surface area (TPSA) is 142 Å². The van der Waals surface area contributed by atoms with E-state index in [1.807, 2.05) is 37.3 Å². The van der Waals surface area contributed by atoms with Crippen LogP contribution in [0.4, 0.5) is 9.59 Å². The third-order valence-electron chi connectivity index (χ3n) is 6.89. The number of ether oxygens (including phenoxy) is 5. The smallest absolute Gasteiger partial charge is 0.408 e. The van der Waals surface area contributed by atoms with E-state index >= 15 is 0 Å². The summed E-state index contributed by atoms with van der Waals surface area (Å²) in [6.45, 7) is 12.2. The molecule has 0 spiro atoms. The molecule has 0 heterocycles. The molecule has 3 amide bonds. The SMILES string of the molecule is CCOc1ccc(C[C@H](NC(=O)OC(C)(C)C)C(=O)N(Cc2ccc(Oc3ccccc3)cc2)[C@@H](CNC(=O)OC(C)(C)C)C(=O)OC)cc1. The monoisotopic (exact) mass is 691 g/mol. The van der Waals surface area contributed by atoms with Crippen molar-refractivity contribution in [1.29, 1.82) is 0 Å². The van der Waals surface area contributed by atoms with Gasteiger partial charge < -0.3 is 39.2 Å². The Labute approximate surface area is 294 Å². The third kappa shape index (κ3) is 13.3. The van der Waals surface area contributed by atoms with Gasteiger partial charge in [-0.25, -0.2) is 14.4 Å². The molecular formula is C38H49N3O9. The van der Waals surface area contributed by atoms with Crippen molar-refractivity contribution < 1.29 is 42.9 Å². The zero-order chi connectivity index (χ0) is 36.9. The molecule has 0 aliphatic heterocycles. The number of benzene rings is 3. The molecule has 12 nitrogen and oxygen atoms in total. The van der Waals surface area contributed by atoms with Gasteiger partial charge in [0.2, 0.25) is 5.91 Å². The Balaban J connectivity index is 2.01. The van der Waals surface area contributed by atoms with Crippen LogP contribution in [-0.2, 0) is 36.8 Å². The summed E-state index contributed by atoms with van der Waals surface area (Å²) in [7, 11) is 1.19. The first-order chi connectivity index (χ1) is 23.6. The van der Waals surface area contributed by atoms with Crippen LogP contribution in [0.2, 0.25) is 0 Å². The molecule has 0 unspecified atom stereocenters. The van der Waals surface area contributed by atoms with Gasteiger partial charge in [0.1, 0.15) is 40.5 Å². The number of alkyl carbamates (subject to hydrolysis) is 2. The summed E-state index contributed by atoms with van der Waals surface area (Å²) in [5, 5.41) is 5.29. The Morgan fingerprint density at radius 3 is 1.82 bits per heavy atom. The minimum Gasteiger partial charge on any atom is -0.494 e. The number of hydrogen-bond donors (Lipinski definition) is 2. The Hall–Kier alpha value is -5.26. The lowest BCUT2D eigenvalue weighted by molar-refractivity contribution is -0.154. The van der Waals surface area contributed by atoms with Crippen LogP contribution in [0.5, 0.6) is 17.2 Å². The molecule has 0 radical (unpaired) electrons. The first-order valence-corrected chi connectivity index (χ1v) is 16.4. The first kappa shape index (κ1) is 39.2. The molecule has 3 aromatic rings. The van der Waals surface area contributed by atoms with Gasteiger partial charge in [-0.2, -0.15) is 0 Å². The number of para-hydroxylation sites is 1. The normalized spacial score (nSPS) is 12.5. The van der Waals surface area contributed by atoms with Crippen molar-refractivity contribution in [1.82, 2.24) is 15.5 Å². The molecule has 2 atom stereocenters. The third-order valence-corrected chi connectivity index (χ3v) is 6.89. The number of hydrogen-bond acceptors (Lipinski definition) is 9. The minimum absolute atomic E-state index is 0.0538. The maximum absolute atomic E-state index is 14.6. The number of rotatable bonds is 14. The molecule has 12 heteroatoms. The van der Waals surface area contributed by atoms with Crippen LogP contribution in [0.1, 0.15) is 59.6 Å². The molecule has 0 aliphatic carbocycles. The van der Waals surface area contributed by atoms with Crippen molar-refractivity contribution in [3.63, 3.8) is 0 Å². The Bertz CT molecular complexity index is 1550. The fraction of sp³-hybridized carbons (Fsp3) is 0.421. The predicted octanol–water partition coefficient (Wildman–Crippen LogP) is 6.41. The average molecular weight is 692 g/mol. The van der Waals surface area contributed by atoms with Crippen molar-refractivity contribution in [3.8, 4) is 17.2 Å². The molecule has 0 aliphatic rings. The van der Waals surface area contributed by atoms with Crippen molar-refractivity contribution >= 4 is 24.1 Å². The summed E-state index contributed by atoms with van der Waals surface area (Å²) < 4.78 is 27.5. The lowest BCUT2D eigenvalue weighted by Gasteiger charge is -2.34. The Morgan fingerprint density at radius 2 is 1.26 bits per heavy atom. The molecule has 3 rings (SSSR count). The number of nitrogens with one attached hydrogen (secondary N) is 2. The van der Waals surface area contributed by atoms with Crippen LogP contribution in [0, 0.1) is 0 Å². The minimum atomic E-state index is -1.30. The molecule has 0 saturated carbocycles. The maximum atomic E-state index is 14.6. The van der Waals surface area contributed by atoms with E-state index in [-0.39, 0.29) is 19.5 Å². The van der Waals surface area contributed by atoms with E-state index in [0.717, 1.165) is 0 Å². The highest BCUT2D eigenvalue weighted by atomic mass is 16.6. The second kappa shape index (κ2) is 17.9. The van der Waals surface area contributed by atoms with E-state index in [2.05, 4.69) is 10.6 Å². The fourth-order valence-corrected chi connectivity index (χ4v) is 4.75. The van der Waals surface area contributed by atoms with Crippen LogP contribution < -0.4 is 20.1 Å². The summed E-state index contributed by atoms with van der Waals surface area (Å²) in [6.07, 6.45) is -1.54. The van der Waals surface area contributed by atoms with Gasteiger partial charge in [-0.1, -0.05) is 42.5 Å². The van der Waals surface area contributed by atoms with E-state index in [4.69, 9.17) is 23.7 Å². The lowest BCUT2D eigenvalue weighted by Crippen LogP contribution is -2.57. The molecule has 0 bridgehead atoms. The van der Waals surface area contributed by atoms with Gasteiger partial charge >= 0.3 is 18.2 Å². The van der Waals surface area contributed by atoms with E-state index in [0.29, 0.717) is 35.0 Å². The van der Waals surface area contributed by atoms with Gasteiger partial charge in [-0.15, -0.1) is 0 Å².